The zero-order valence-corrected chi connectivity index (χ0v) is 22.6. The molecule has 0 saturated carbocycles. The van der Waals surface area contributed by atoms with Crippen molar-refractivity contribution in [2.24, 2.45) is 0 Å². The molecule has 0 spiro atoms. The van der Waals surface area contributed by atoms with Crippen molar-refractivity contribution < 1.29 is 19.1 Å². The average Bonchev–Trinajstić information content (AvgIpc) is 2.98. The molecule has 1 fully saturated rings. The van der Waals surface area contributed by atoms with Crippen molar-refractivity contribution in [3.05, 3.63) is 119 Å². The van der Waals surface area contributed by atoms with E-state index in [4.69, 9.17) is 4.74 Å². The van der Waals surface area contributed by atoms with Crippen molar-refractivity contribution in [3.8, 4) is 0 Å². The Balaban J connectivity index is 1.33. The molecule has 2 aliphatic heterocycles. The molecule has 2 atom stereocenters. The minimum Gasteiger partial charge on any atom is -0.448 e. The molecular formula is C31H31N3O4S. The van der Waals surface area contributed by atoms with Gasteiger partial charge in [0.25, 0.3) is 5.91 Å². The van der Waals surface area contributed by atoms with Gasteiger partial charge in [0.05, 0.1) is 6.54 Å². The van der Waals surface area contributed by atoms with Gasteiger partial charge in [-0.05, 0) is 42.5 Å². The van der Waals surface area contributed by atoms with E-state index in [0.717, 1.165) is 29.7 Å². The molecule has 0 bridgehead atoms. The van der Waals surface area contributed by atoms with Crippen LogP contribution in [0.4, 0.5) is 0 Å². The first kappa shape index (κ1) is 26.6. The highest BCUT2D eigenvalue weighted by Crippen LogP contribution is 2.43. The molecule has 5 rings (SSSR count). The zero-order chi connectivity index (χ0) is 27.4. The van der Waals surface area contributed by atoms with E-state index in [9.17, 15) is 14.4 Å². The molecule has 2 heterocycles. The van der Waals surface area contributed by atoms with Gasteiger partial charge in [-0.3, -0.25) is 14.5 Å². The van der Waals surface area contributed by atoms with Crippen LogP contribution in [0.3, 0.4) is 0 Å². The van der Waals surface area contributed by atoms with E-state index >= 15 is 0 Å². The summed E-state index contributed by atoms with van der Waals surface area (Å²) in [6.07, 6.45) is 7.12. The quantitative estimate of drug-likeness (QED) is 0.362. The number of β-lactam (4-membered cyclic amide) rings is 1. The Kier molecular flexibility index (Phi) is 8.02. The summed E-state index contributed by atoms with van der Waals surface area (Å²) in [4.78, 5) is 41.2. The second-order valence-electron chi connectivity index (χ2n) is 9.68. The zero-order valence-electron chi connectivity index (χ0n) is 21.8. The van der Waals surface area contributed by atoms with Crippen LogP contribution in [0.2, 0.25) is 0 Å². The maximum atomic E-state index is 13.8. The minimum atomic E-state index is -0.710. The summed E-state index contributed by atoms with van der Waals surface area (Å²) in [6.45, 7) is 5.95. The van der Waals surface area contributed by atoms with E-state index in [1.54, 1.807) is 0 Å². The Bertz CT molecular complexity index is 1330. The third-order valence-corrected chi connectivity index (χ3v) is 8.19. The fourth-order valence-electron chi connectivity index (χ4n) is 4.85. The summed E-state index contributed by atoms with van der Waals surface area (Å²) < 4.78 is 6.12. The van der Waals surface area contributed by atoms with Crippen molar-refractivity contribution in [2.75, 3.05) is 12.3 Å². The van der Waals surface area contributed by atoms with E-state index in [1.807, 2.05) is 79.7 Å². The number of carbonyl (C=O) groups excluding carboxylic acids is 3. The molecule has 2 aromatic rings. The van der Waals surface area contributed by atoms with Gasteiger partial charge in [-0.2, -0.15) is 0 Å². The summed E-state index contributed by atoms with van der Waals surface area (Å²) in [7, 11) is 0. The number of hydrogen-bond acceptors (Lipinski definition) is 6. The molecular weight excluding hydrogens is 510 g/mol. The lowest BCUT2D eigenvalue weighted by Crippen LogP contribution is -2.71. The van der Waals surface area contributed by atoms with Crippen molar-refractivity contribution in [2.45, 2.75) is 37.3 Å². The predicted octanol–water partition coefficient (Wildman–Crippen LogP) is 4.37. The molecule has 200 valence electrons. The van der Waals surface area contributed by atoms with Gasteiger partial charge in [0, 0.05) is 11.4 Å². The number of esters is 1. The van der Waals surface area contributed by atoms with Gasteiger partial charge in [-0.25, -0.2) is 4.79 Å². The molecule has 1 saturated heterocycles. The second kappa shape index (κ2) is 11.8. The highest BCUT2D eigenvalue weighted by Gasteiger charge is 2.54. The SMILES string of the molecule is C=C(C)C1=C(C(=O)OC(c2ccccc2)c2ccccc2)N2C(=O)C(NC(=O)CNC3=CC=CCC3)[C@H]2SC1. The van der Waals surface area contributed by atoms with E-state index in [-0.39, 0.29) is 24.1 Å². The Morgan fingerprint density at radius 2 is 1.77 bits per heavy atom. The summed E-state index contributed by atoms with van der Waals surface area (Å²) in [6, 6.07) is 18.3. The number of hydrogen-bond donors (Lipinski definition) is 2. The van der Waals surface area contributed by atoms with Crippen molar-refractivity contribution >= 4 is 29.5 Å². The molecule has 39 heavy (non-hydrogen) atoms. The van der Waals surface area contributed by atoms with E-state index < -0.39 is 23.5 Å². The Labute approximate surface area is 232 Å². The minimum absolute atomic E-state index is 0.0818. The number of allylic oxidation sites excluding steroid dienone is 5. The highest BCUT2D eigenvalue weighted by molar-refractivity contribution is 8.00. The second-order valence-corrected chi connectivity index (χ2v) is 10.8. The molecule has 1 unspecified atom stereocenters. The van der Waals surface area contributed by atoms with Gasteiger partial charge in [0.2, 0.25) is 5.91 Å². The summed E-state index contributed by atoms with van der Waals surface area (Å²) in [5, 5.41) is 5.59. The summed E-state index contributed by atoms with van der Waals surface area (Å²) in [5.41, 5.74) is 4.23. The molecule has 8 heteroatoms. The lowest BCUT2D eigenvalue weighted by Gasteiger charge is -2.50. The van der Waals surface area contributed by atoms with E-state index in [0.29, 0.717) is 16.9 Å². The Hall–Kier alpha value is -4.04. The maximum Gasteiger partial charge on any atom is 0.356 e. The van der Waals surface area contributed by atoms with Gasteiger partial charge < -0.3 is 15.4 Å². The molecule has 2 N–H and O–H groups in total. The van der Waals surface area contributed by atoms with Gasteiger partial charge >= 0.3 is 5.97 Å². The smallest absolute Gasteiger partial charge is 0.356 e. The Morgan fingerprint density at radius 1 is 1.10 bits per heavy atom. The fraction of sp³-hybridized carbons (Fsp3) is 0.258. The van der Waals surface area contributed by atoms with Gasteiger partial charge in [-0.15, -0.1) is 11.8 Å². The number of carbonyl (C=O) groups is 3. The summed E-state index contributed by atoms with van der Waals surface area (Å²) >= 11 is 1.51. The number of ether oxygens (including phenoxy) is 1. The fourth-order valence-corrected chi connectivity index (χ4v) is 6.31. The number of fused-ring (bicyclic) bond motifs is 1. The highest BCUT2D eigenvalue weighted by atomic mass is 32.2. The van der Waals surface area contributed by atoms with Gasteiger partial charge in [0.1, 0.15) is 17.1 Å². The van der Waals surface area contributed by atoms with Crippen LogP contribution in [0.25, 0.3) is 0 Å². The number of nitrogens with one attached hydrogen (secondary N) is 2. The number of rotatable bonds is 9. The topological polar surface area (TPSA) is 87.7 Å². The number of nitrogens with zero attached hydrogens (tertiary/aromatic N) is 1. The molecule has 3 aliphatic rings. The van der Waals surface area contributed by atoms with Gasteiger partial charge in [0.15, 0.2) is 6.10 Å². The monoisotopic (exact) mass is 541 g/mol. The van der Waals surface area contributed by atoms with Crippen molar-refractivity contribution in [1.29, 1.82) is 0 Å². The van der Waals surface area contributed by atoms with Crippen LogP contribution in [-0.4, -0.2) is 46.4 Å². The maximum absolute atomic E-state index is 13.8. The first-order valence-electron chi connectivity index (χ1n) is 13.0. The van der Waals surface area contributed by atoms with E-state index in [2.05, 4.69) is 23.3 Å². The van der Waals surface area contributed by atoms with Crippen LogP contribution in [-0.2, 0) is 19.1 Å². The van der Waals surface area contributed by atoms with Crippen LogP contribution in [0, 0.1) is 0 Å². The van der Waals surface area contributed by atoms with Crippen LogP contribution in [0.15, 0.2) is 108 Å². The van der Waals surface area contributed by atoms with Crippen LogP contribution >= 0.6 is 11.8 Å². The Morgan fingerprint density at radius 3 is 2.36 bits per heavy atom. The normalized spacial score (nSPS) is 20.1. The largest absolute Gasteiger partial charge is 0.448 e. The molecule has 0 aromatic heterocycles. The molecule has 7 nitrogen and oxygen atoms in total. The van der Waals surface area contributed by atoms with Crippen LogP contribution in [0.5, 0.6) is 0 Å². The van der Waals surface area contributed by atoms with Gasteiger partial charge in [-0.1, -0.05) is 85.0 Å². The molecule has 0 radical (unpaired) electrons. The van der Waals surface area contributed by atoms with Crippen molar-refractivity contribution in [1.82, 2.24) is 15.5 Å². The number of thioether (sulfide) groups is 1. The summed E-state index contributed by atoms with van der Waals surface area (Å²) in [5.74, 6) is -0.703. The lowest BCUT2D eigenvalue weighted by atomic mass is 9.99. The van der Waals surface area contributed by atoms with Crippen LogP contribution in [0.1, 0.15) is 37.0 Å². The number of amides is 2. The lowest BCUT2D eigenvalue weighted by molar-refractivity contribution is -0.154. The van der Waals surface area contributed by atoms with E-state index in [1.165, 1.54) is 16.7 Å². The average molecular weight is 542 g/mol. The first-order valence-corrected chi connectivity index (χ1v) is 14.0. The number of benzene rings is 2. The van der Waals surface area contributed by atoms with Crippen molar-refractivity contribution in [3.63, 3.8) is 0 Å². The first-order chi connectivity index (χ1) is 18.9. The predicted molar refractivity (Wildman–Crippen MR) is 152 cm³/mol. The third-order valence-electron chi connectivity index (χ3n) is 6.91. The third kappa shape index (κ3) is 5.71. The molecule has 1 aliphatic carbocycles. The standard InChI is InChI=1S/C31H31N3O4S/c1-20(2)24-19-39-30-26(33-25(35)18-32-23-16-10-5-11-17-23)29(36)34(30)27(24)31(37)38-28(21-12-6-3-7-13-21)22-14-8-4-9-15-22/h3-10,12-16,26,28,30,32H,1,11,17-19H2,2H3,(H,33,35)/t26?,30-/m1/s1. The molecule has 2 amide bonds. The van der Waals surface area contributed by atoms with Crippen LogP contribution < -0.4 is 10.6 Å². The molecule has 2 aromatic carbocycles.